The first-order valence-electron chi connectivity index (χ1n) is 7.16. The summed E-state index contributed by atoms with van der Waals surface area (Å²) in [4.78, 5) is 9.07. The average Bonchev–Trinajstić information content (AvgIpc) is 3.24. The Morgan fingerprint density at radius 1 is 1.00 bits per heavy atom. The third-order valence-corrected chi connectivity index (χ3v) is 3.85. The topological polar surface area (TPSA) is 95.2 Å². The number of nitrogens with one attached hydrogen (secondary N) is 3. The van der Waals surface area contributed by atoms with Crippen molar-refractivity contribution in [3.8, 4) is 0 Å². The number of anilines is 2. The fourth-order valence-electron chi connectivity index (χ4n) is 2.76. The van der Waals surface area contributed by atoms with Gasteiger partial charge in [0.05, 0.1) is 34.3 Å². The Bertz CT molecular complexity index is 1150. The Morgan fingerprint density at radius 3 is 2.96 bits per heavy atom. The fraction of sp³-hybridized carbons (Fsp3) is 0. The number of benzene rings is 1. The van der Waals surface area contributed by atoms with E-state index < -0.39 is 0 Å². The molecule has 5 aromatic rings. The molecule has 0 saturated carbocycles. The lowest BCUT2D eigenvalue weighted by atomic mass is 10.2. The number of nitrogens with zero attached hydrogens (tertiary/aromatic N) is 4. The van der Waals surface area contributed by atoms with Crippen LogP contribution in [-0.2, 0) is 0 Å². The molecule has 0 bridgehead atoms. The van der Waals surface area contributed by atoms with Gasteiger partial charge < -0.3 is 5.32 Å². The molecule has 0 fully saturated rings. The normalized spacial score (nSPS) is 11.5. The molecular weight excluding hydrogens is 290 g/mol. The van der Waals surface area contributed by atoms with E-state index in [1.54, 1.807) is 18.6 Å². The van der Waals surface area contributed by atoms with Gasteiger partial charge in [0.25, 0.3) is 0 Å². The summed E-state index contributed by atoms with van der Waals surface area (Å²) in [5.74, 6) is 0.723. The zero-order valence-corrected chi connectivity index (χ0v) is 11.9. The van der Waals surface area contributed by atoms with E-state index in [2.05, 4.69) is 35.7 Å². The molecule has 0 aliphatic carbocycles. The van der Waals surface area contributed by atoms with E-state index in [1.807, 2.05) is 30.3 Å². The van der Waals surface area contributed by atoms with Crippen LogP contribution in [0.4, 0.5) is 11.5 Å². The molecule has 0 saturated heterocycles. The number of fused-ring (bicyclic) bond motifs is 4. The number of rotatable bonds is 2. The third-order valence-electron chi connectivity index (χ3n) is 3.85. The van der Waals surface area contributed by atoms with Crippen LogP contribution in [0.3, 0.4) is 0 Å². The minimum Gasteiger partial charge on any atom is -0.338 e. The number of aromatic nitrogens is 6. The summed E-state index contributed by atoms with van der Waals surface area (Å²) < 4.78 is 0. The van der Waals surface area contributed by atoms with Gasteiger partial charge in [-0.05, 0) is 30.3 Å². The van der Waals surface area contributed by atoms with Crippen molar-refractivity contribution < 1.29 is 0 Å². The maximum Gasteiger partial charge on any atom is 0.157 e. The van der Waals surface area contributed by atoms with Gasteiger partial charge in [-0.25, -0.2) is 4.98 Å². The maximum atomic E-state index is 4.67. The van der Waals surface area contributed by atoms with E-state index in [0.717, 1.165) is 44.3 Å². The van der Waals surface area contributed by atoms with Gasteiger partial charge in [0, 0.05) is 17.3 Å². The monoisotopic (exact) mass is 301 g/mol. The highest BCUT2D eigenvalue weighted by Crippen LogP contribution is 2.28. The molecule has 0 aliphatic heterocycles. The van der Waals surface area contributed by atoms with Crippen molar-refractivity contribution in [1.82, 2.24) is 30.4 Å². The number of hydrogen-bond acceptors (Lipinski definition) is 5. The summed E-state index contributed by atoms with van der Waals surface area (Å²) in [7, 11) is 0. The van der Waals surface area contributed by atoms with Crippen molar-refractivity contribution in [2.75, 3.05) is 5.32 Å². The molecular formula is C16H11N7. The van der Waals surface area contributed by atoms with E-state index >= 15 is 0 Å². The molecule has 3 N–H and O–H groups in total. The van der Waals surface area contributed by atoms with Crippen LogP contribution in [0.15, 0.2) is 48.9 Å². The van der Waals surface area contributed by atoms with E-state index in [-0.39, 0.29) is 0 Å². The first-order chi connectivity index (χ1) is 11.4. The fourth-order valence-corrected chi connectivity index (χ4v) is 2.76. The second-order valence-electron chi connectivity index (χ2n) is 5.29. The zero-order chi connectivity index (χ0) is 15.2. The van der Waals surface area contributed by atoms with E-state index in [0.29, 0.717) is 0 Å². The molecule has 7 heteroatoms. The van der Waals surface area contributed by atoms with Crippen molar-refractivity contribution in [2.24, 2.45) is 0 Å². The van der Waals surface area contributed by atoms with Crippen molar-refractivity contribution in [3.05, 3.63) is 48.9 Å². The first kappa shape index (κ1) is 12.1. The Balaban J connectivity index is 1.70. The number of pyridine rings is 2. The average molecular weight is 301 g/mol. The molecule has 0 radical (unpaired) electrons. The number of hydrogen-bond donors (Lipinski definition) is 3. The molecule has 0 unspecified atom stereocenters. The van der Waals surface area contributed by atoms with E-state index in [9.17, 15) is 0 Å². The molecule has 7 nitrogen and oxygen atoms in total. The van der Waals surface area contributed by atoms with Gasteiger partial charge in [-0.1, -0.05) is 0 Å². The lowest BCUT2D eigenvalue weighted by molar-refractivity contribution is 1.12. The molecule has 23 heavy (non-hydrogen) atoms. The first-order valence-corrected chi connectivity index (χ1v) is 7.16. The second kappa shape index (κ2) is 4.51. The smallest absolute Gasteiger partial charge is 0.157 e. The Hall–Kier alpha value is -3.48. The van der Waals surface area contributed by atoms with Crippen molar-refractivity contribution in [1.29, 1.82) is 0 Å². The highest BCUT2D eigenvalue weighted by Gasteiger charge is 2.11. The van der Waals surface area contributed by atoms with Crippen LogP contribution >= 0.6 is 0 Å². The summed E-state index contributed by atoms with van der Waals surface area (Å²) in [6.45, 7) is 0. The second-order valence-corrected chi connectivity index (χ2v) is 5.29. The summed E-state index contributed by atoms with van der Waals surface area (Å²) in [6.07, 6.45) is 5.33. The minimum absolute atomic E-state index is 0.723. The molecule has 0 spiro atoms. The van der Waals surface area contributed by atoms with Gasteiger partial charge in [-0.15, -0.1) is 0 Å². The summed E-state index contributed by atoms with van der Waals surface area (Å²) in [5, 5.41) is 19.5. The van der Waals surface area contributed by atoms with Crippen LogP contribution in [0.1, 0.15) is 0 Å². The lowest BCUT2D eigenvalue weighted by Crippen LogP contribution is -1.96. The standard InChI is InChI=1S/C16H11N7/c1-2-13-14(17-5-1)11-8-19-23-15(11)16(21-13)20-10-3-4-12-9(6-10)7-18-22-12/h1-8H,(H,18,22)(H,19,23)(H,20,21). The molecule has 4 heterocycles. The van der Waals surface area contributed by atoms with Crippen LogP contribution in [0.25, 0.3) is 32.8 Å². The predicted octanol–water partition coefficient (Wildman–Crippen LogP) is 3.13. The lowest BCUT2D eigenvalue weighted by Gasteiger charge is -2.08. The predicted molar refractivity (Wildman–Crippen MR) is 88.6 cm³/mol. The highest BCUT2D eigenvalue weighted by atomic mass is 15.1. The van der Waals surface area contributed by atoms with Gasteiger partial charge in [-0.2, -0.15) is 10.2 Å². The SMILES string of the molecule is c1cnc2c(c1)nc(Nc1ccc3[nH]ncc3c1)c1[nH]ncc12. The molecule has 5 rings (SSSR count). The molecule has 0 atom stereocenters. The Morgan fingerprint density at radius 2 is 1.96 bits per heavy atom. The van der Waals surface area contributed by atoms with Crippen molar-refractivity contribution in [3.63, 3.8) is 0 Å². The number of aromatic amines is 2. The van der Waals surface area contributed by atoms with Gasteiger partial charge in [0.2, 0.25) is 0 Å². The largest absolute Gasteiger partial charge is 0.338 e. The zero-order valence-electron chi connectivity index (χ0n) is 11.9. The summed E-state index contributed by atoms with van der Waals surface area (Å²) in [5.41, 5.74) is 4.44. The third kappa shape index (κ3) is 1.83. The van der Waals surface area contributed by atoms with Crippen molar-refractivity contribution >= 4 is 44.3 Å². The maximum absolute atomic E-state index is 4.67. The van der Waals surface area contributed by atoms with Crippen LogP contribution in [-0.4, -0.2) is 30.4 Å². The van der Waals surface area contributed by atoms with Crippen LogP contribution < -0.4 is 5.32 Å². The molecule has 1 aromatic carbocycles. The van der Waals surface area contributed by atoms with E-state index in [1.165, 1.54) is 0 Å². The highest BCUT2D eigenvalue weighted by molar-refractivity contribution is 6.06. The number of H-pyrrole nitrogens is 2. The summed E-state index contributed by atoms with van der Waals surface area (Å²) in [6, 6.07) is 9.81. The van der Waals surface area contributed by atoms with Gasteiger partial charge in [0.15, 0.2) is 5.82 Å². The molecule has 0 aliphatic rings. The van der Waals surface area contributed by atoms with Gasteiger partial charge in [0.1, 0.15) is 5.52 Å². The van der Waals surface area contributed by atoms with Gasteiger partial charge >= 0.3 is 0 Å². The minimum atomic E-state index is 0.723. The van der Waals surface area contributed by atoms with Crippen LogP contribution in [0.2, 0.25) is 0 Å². The Labute approximate surface area is 129 Å². The quantitative estimate of drug-likeness (QED) is 0.465. The molecule has 4 aromatic heterocycles. The summed E-state index contributed by atoms with van der Waals surface area (Å²) >= 11 is 0. The van der Waals surface area contributed by atoms with Crippen LogP contribution in [0, 0.1) is 0 Å². The van der Waals surface area contributed by atoms with Crippen molar-refractivity contribution in [2.45, 2.75) is 0 Å². The van der Waals surface area contributed by atoms with E-state index in [4.69, 9.17) is 0 Å². The van der Waals surface area contributed by atoms with Gasteiger partial charge in [-0.3, -0.25) is 15.2 Å². The Kier molecular flexibility index (Phi) is 2.37. The molecule has 0 amide bonds. The van der Waals surface area contributed by atoms with Crippen LogP contribution in [0.5, 0.6) is 0 Å². The molecule has 110 valence electrons.